The summed E-state index contributed by atoms with van der Waals surface area (Å²) in [7, 11) is 0. The number of benzene rings is 5. The molecule has 3 atom stereocenters. The molecule has 242 valence electrons. The molecule has 0 spiro atoms. The van der Waals surface area contributed by atoms with Crippen LogP contribution in [0, 0.1) is 0 Å². The molecule has 0 aromatic heterocycles. The first-order valence-electron chi connectivity index (χ1n) is 16.0. The lowest BCUT2D eigenvalue weighted by Gasteiger charge is -2.38. The van der Waals surface area contributed by atoms with E-state index in [4.69, 9.17) is 28.4 Å². The minimum absolute atomic E-state index is 0.290. The van der Waals surface area contributed by atoms with Crippen LogP contribution >= 0.6 is 0 Å². The zero-order chi connectivity index (χ0) is 32.3. The van der Waals surface area contributed by atoms with Gasteiger partial charge in [-0.15, -0.1) is 0 Å². The molecule has 0 saturated carbocycles. The zero-order valence-corrected chi connectivity index (χ0v) is 26.5. The molecular weight excluding hydrogens is 592 g/mol. The second kappa shape index (κ2) is 16.1. The molecule has 7 heteroatoms. The van der Waals surface area contributed by atoms with Crippen LogP contribution in [0.25, 0.3) is 0 Å². The molecule has 0 amide bonds. The predicted molar refractivity (Wildman–Crippen MR) is 180 cm³/mol. The van der Waals surface area contributed by atoms with Gasteiger partial charge in [0.15, 0.2) is 6.10 Å². The van der Waals surface area contributed by atoms with Crippen LogP contribution in [0.2, 0.25) is 0 Å². The van der Waals surface area contributed by atoms with Gasteiger partial charge in [-0.1, -0.05) is 103 Å². The number of hydrogen-bond donors (Lipinski definition) is 1. The van der Waals surface area contributed by atoms with Crippen molar-refractivity contribution in [1.29, 1.82) is 0 Å². The summed E-state index contributed by atoms with van der Waals surface area (Å²) in [6, 6.07) is 41.2. The van der Waals surface area contributed by atoms with Gasteiger partial charge in [0, 0.05) is 18.7 Å². The Morgan fingerprint density at radius 3 is 1.74 bits per heavy atom. The van der Waals surface area contributed by atoms with E-state index in [9.17, 15) is 5.11 Å². The summed E-state index contributed by atoms with van der Waals surface area (Å²) in [4.78, 5) is 0. The second-order valence-corrected chi connectivity index (χ2v) is 11.2. The van der Waals surface area contributed by atoms with E-state index in [1.165, 1.54) is 0 Å². The number of ether oxygens (including phenoxy) is 6. The first kappa shape index (κ1) is 32.1. The van der Waals surface area contributed by atoms with E-state index < -0.39 is 18.3 Å². The average molecular weight is 633 g/mol. The number of fused-ring (bicyclic) bond motifs is 1. The second-order valence-electron chi connectivity index (χ2n) is 11.2. The molecule has 0 saturated heterocycles. The molecule has 47 heavy (non-hydrogen) atoms. The number of aliphatic hydroxyl groups is 1. The van der Waals surface area contributed by atoms with Gasteiger partial charge in [-0.3, -0.25) is 0 Å². The van der Waals surface area contributed by atoms with E-state index in [0.717, 1.165) is 28.0 Å². The van der Waals surface area contributed by atoms with Gasteiger partial charge in [0.2, 0.25) is 0 Å². The fourth-order valence-corrected chi connectivity index (χ4v) is 5.49. The molecule has 1 heterocycles. The molecule has 5 aromatic carbocycles. The Bertz CT molecular complexity index is 1660. The highest BCUT2D eigenvalue weighted by Crippen LogP contribution is 2.49. The average Bonchev–Trinajstić information content (AvgIpc) is 3.13. The molecule has 1 aliphatic rings. The van der Waals surface area contributed by atoms with Gasteiger partial charge >= 0.3 is 0 Å². The standard InChI is InChI=1S/C40H40O7/c1-2-42-22-23-43-40-37-35(46-28-31-16-10-5-11-17-31)24-34(45-27-30-14-8-4-9-15-30)25-36(37)47-39(38(40)41)32-18-20-33(21-19-32)44-26-29-12-6-3-7-13-29/h3-21,24-25,38-41H,2,22-23,26-28H2,1H3/t38-,39+,40-/m0/s1. The quantitative estimate of drug-likeness (QED) is 0.117. The summed E-state index contributed by atoms with van der Waals surface area (Å²) in [5.74, 6) is 2.36. The fourth-order valence-electron chi connectivity index (χ4n) is 5.49. The van der Waals surface area contributed by atoms with Crippen LogP contribution < -0.4 is 18.9 Å². The Kier molecular flexibility index (Phi) is 11.0. The minimum Gasteiger partial charge on any atom is -0.489 e. The third kappa shape index (κ3) is 8.51. The summed E-state index contributed by atoms with van der Waals surface area (Å²) in [5.41, 5.74) is 4.56. The monoisotopic (exact) mass is 632 g/mol. The lowest BCUT2D eigenvalue weighted by Crippen LogP contribution is -2.36. The van der Waals surface area contributed by atoms with Crippen molar-refractivity contribution in [3.63, 3.8) is 0 Å². The first-order chi connectivity index (χ1) is 23.2. The maximum Gasteiger partial charge on any atom is 0.152 e. The van der Waals surface area contributed by atoms with Gasteiger partial charge in [-0.25, -0.2) is 0 Å². The van der Waals surface area contributed by atoms with Crippen LogP contribution in [-0.4, -0.2) is 31.0 Å². The van der Waals surface area contributed by atoms with Gasteiger partial charge in [0.1, 0.15) is 55.0 Å². The maximum atomic E-state index is 11.8. The molecular formula is C40H40O7. The normalized spacial score (nSPS) is 16.9. The van der Waals surface area contributed by atoms with Gasteiger partial charge in [0.25, 0.3) is 0 Å². The van der Waals surface area contributed by atoms with Gasteiger partial charge < -0.3 is 33.5 Å². The highest BCUT2D eigenvalue weighted by atomic mass is 16.6. The highest BCUT2D eigenvalue weighted by molar-refractivity contribution is 5.54. The summed E-state index contributed by atoms with van der Waals surface area (Å²) in [5, 5.41) is 11.8. The number of hydrogen-bond acceptors (Lipinski definition) is 7. The van der Waals surface area contributed by atoms with Crippen LogP contribution in [0.15, 0.2) is 127 Å². The van der Waals surface area contributed by atoms with Crippen molar-refractivity contribution < 1.29 is 33.5 Å². The summed E-state index contributed by atoms with van der Waals surface area (Å²) in [6.45, 7) is 4.36. The van der Waals surface area contributed by atoms with E-state index in [2.05, 4.69) is 0 Å². The topological polar surface area (TPSA) is 75.6 Å². The maximum absolute atomic E-state index is 11.8. The zero-order valence-electron chi connectivity index (χ0n) is 26.5. The lowest BCUT2D eigenvalue weighted by atomic mass is 9.91. The van der Waals surface area contributed by atoms with Crippen LogP contribution in [-0.2, 0) is 29.3 Å². The Morgan fingerprint density at radius 1 is 0.617 bits per heavy atom. The molecule has 0 radical (unpaired) electrons. The van der Waals surface area contributed by atoms with Crippen LogP contribution in [0.1, 0.15) is 46.9 Å². The fraction of sp³-hybridized carbons (Fsp3) is 0.250. The molecule has 7 nitrogen and oxygen atoms in total. The van der Waals surface area contributed by atoms with Gasteiger partial charge in [-0.05, 0) is 41.3 Å². The Hall–Kier alpha value is -4.82. The Labute approximate surface area is 276 Å². The number of rotatable bonds is 15. The van der Waals surface area contributed by atoms with Gasteiger partial charge in [0.05, 0.1) is 18.8 Å². The van der Waals surface area contributed by atoms with Crippen LogP contribution in [0.5, 0.6) is 23.0 Å². The largest absolute Gasteiger partial charge is 0.489 e. The summed E-state index contributed by atoms with van der Waals surface area (Å²) >= 11 is 0. The SMILES string of the molecule is CCOCCO[C@H]1c2c(OCc3ccccc3)cc(OCc3ccccc3)cc2O[C@H](c2ccc(OCc3ccccc3)cc2)[C@@H]1O. The van der Waals surface area contributed by atoms with Crippen LogP contribution in [0.4, 0.5) is 0 Å². The molecule has 1 aliphatic heterocycles. The van der Waals surface area contributed by atoms with E-state index in [0.29, 0.717) is 62.5 Å². The third-order valence-corrected chi connectivity index (χ3v) is 7.91. The third-order valence-electron chi connectivity index (χ3n) is 7.91. The van der Waals surface area contributed by atoms with Crippen molar-refractivity contribution in [3.05, 3.63) is 155 Å². The van der Waals surface area contributed by atoms with Crippen molar-refractivity contribution in [3.8, 4) is 23.0 Å². The summed E-state index contributed by atoms with van der Waals surface area (Å²) < 4.78 is 37.1. The molecule has 5 aromatic rings. The number of aliphatic hydroxyl groups excluding tert-OH is 1. The van der Waals surface area contributed by atoms with Crippen molar-refractivity contribution >= 4 is 0 Å². The Morgan fingerprint density at radius 2 is 1.17 bits per heavy atom. The highest BCUT2D eigenvalue weighted by Gasteiger charge is 2.41. The predicted octanol–water partition coefficient (Wildman–Crippen LogP) is 8.01. The van der Waals surface area contributed by atoms with Crippen molar-refractivity contribution in [2.75, 3.05) is 19.8 Å². The Balaban J connectivity index is 1.29. The van der Waals surface area contributed by atoms with Crippen molar-refractivity contribution in [1.82, 2.24) is 0 Å². The van der Waals surface area contributed by atoms with Crippen LogP contribution in [0.3, 0.4) is 0 Å². The first-order valence-corrected chi connectivity index (χ1v) is 16.0. The van der Waals surface area contributed by atoms with E-state index in [1.54, 1.807) is 0 Å². The molecule has 0 fully saturated rings. The molecule has 0 aliphatic carbocycles. The summed E-state index contributed by atoms with van der Waals surface area (Å²) in [6.07, 6.45) is -2.49. The van der Waals surface area contributed by atoms with E-state index in [1.807, 2.05) is 134 Å². The lowest BCUT2D eigenvalue weighted by molar-refractivity contribution is -0.111. The van der Waals surface area contributed by atoms with E-state index in [-0.39, 0.29) is 0 Å². The molecule has 0 unspecified atom stereocenters. The smallest absolute Gasteiger partial charge is 0.152 e. The van der Waals surface area contributed by atoms with Gasteiger partial charge in [-0.2, -0.15) is 0 Å². The minimum atomic E-state index is -1.03. The van der Waals surface area contributed by atoms with Crippen molar-refractivity contribution in [2.24, 2.45) is 0 Å². The van der Waals surface area contributed by atoms with Crippen molar-refractivity contribution in [2.45, 2.75) is 45.1 Å². The molecule has 0 bridgehead atoms. The molecule has 6 rings (SSSR count). The van der Waals surface area contributed by atoms with E-state index >= 15 is 0 Å². The molecule has 1 N–H and O–H groups in total.